The zero-order valence-electron chi connectivity index (χ0n) is 26.3. The van der Waals surface area contributed by atoms with Gasteiger partial charge in [0.15, 0.2) is 0 Å². The lowest BCUT2D eigenvalue weighted by atomic mass is 9.95. The molecule has 0 saturated heterocycles. The van der Waals surface area contributed by atoms with Crippen LogP contribution in [0, 0.1) is 0 Å². The number of hydrogen-bond donors (Lipinski definition) is 0. The van der Waals surface area contributed by atoms with Crippen LogP contribution >= 0.6 is 0 Å². The maximum Gasteiger partial charge on any atom is 0.135 e. The Morgan fingerprint density at radius 1 is 0.312 bits per heavy atom. The molecule has 2 heteroatoms. The minimum absolute atomic E-state index is 0.887. The highest BCUT2D eigenvalue weighted by Crippen LogP contribution is 2.41. The average Bonchev–Trinajstić information content (AvgIpc) is 3.54. The molecule has 0 aliphatic rings. The van der Waals surface area contributed by atoms with Gasteiger partial charge in [-0.2, -0.15) is 0 Å². The van der Waals surface area contributed by atoms with Crippen LogP contribution in [0.3, 0.4) is 0 Å². The molecule has 9 aromatic rings. The van der Waals surface area contributed by atoms with E-state index in [1.807, 2.05) is 12.1 Å². The van der Waals surface area contributed by atoms with Gasteiger partial charge in [-0.3, -0.25) is 0 Å². The number of fused-ring (bicyclic) bond motifs is 4. The first-order valence-corrected chi connectivity index (χ1v) is 16.3. The molecule has 0 unspecified atom stereocenters. The van der Waals surface area contributed by atoms with E-state index in [1.165, 1.54) is 38.6 Å². The van der Waals surface area contributed by atoms with Crippen molar-refractivity contribution in [1.29, 1.82) is 0 Å². The van der Waals surface area contributed by atoms with Crippen molar-refractivity contribution in [2.24, 2.45) is 0 Å². The van der Waals surface area contributed by atoms with Gasteiger partial charge in [-0.25, -0.2) is 0 Å². The van der Waals surface area contributed by atoms with Gasteiger partial charge >= 0.3 is 0 Å². The monoisotopic (exact) mass is 613 g/mol. The lowest BCUT2D eigenvalue weighted by molar-refractivity contribution is 0.669. The number of furan rings is 1. The topological polar surface area (TPSA) is 16.4 Å². The molecular weight excluding hydrogens is 583 g/mol. The first kappa shape index (κ1) is 27.9. The van der Waals surface area contributed by atoms with Gasteiger partial charge in [0.2, 0.25) is 0 Å². The summed E-state index contributed by atoms with van der Waals surface area (Å²) in [7, 11) is 0. The number of anilines is 3. The number of para-hydroxylation sites is 1. The third-order valence-corrected chi connectivity index (χ3v) is 9.25. The van der Waals surface area contributed by atoms with Crippen molar-refractivity contribution >= 4 is 49.8 Å². The zero-order valence-corrected chi connectivity index (χ0v) is 26.3. The van der Waals surface area contributed by atoms with Crippen LogP contribution in [0.25, 0.3) is 66.1 Å². The second-order valence-corrected chi connectivity index (χ2v) is 12.2. The average molecular weight is 614 g/mol. The molecule has 0 saturated carbocycles. The van der Waals surface area contributed by atoms with Gasteiger partial charge < -0.3 is 9.32 Å². The van der Waals surface area contributed by atoms with Gasteiger partial charge in [-0.15, -0.1) is 0 Å². The first-order chi connectivity index (χ1) is 23.8. The van der Waals surface area contributed by atoms with Crippen molar-refractivity contribution in [3.05, 3.63) is 188 Å². The summed E-state index contributed by atoms with van der Waals surface area (Å²) in [5, 5.41) is 4.73. The highest BCUT2D eigenvalue weighted by atomic mass is 16.3. The van der Waals surface area contributed by atoms with Crippen molar-refractivity contribution in [2.45, 2.75) is 0 Å². The zero-order chi connectivity index (χ0) is 31.9. The summed E-state index contributed by atoms with van der Waals surface area (Å²) in [5.74, 6) is 0. The Balaban J connectivity index is 1.17. The lowest BCUT2D eigenvalue weighted by Crippen LogP contribution is -2.10. The fraction of sp³-hybridized carbons (Fsp3) is 0. The van der Waals surface area contributed by atoms with E-state index in [2.05, 4.69) is 181 Å². The van der Waals surface area contributed by atoms with Crippen molar-refractivity contribution < 1.29 is 4.42 Å². The maximum atomic E-state index is 6.20. The SMILES string of the molecule is c1ccc(-c2ccc(N(c3cccc(-c4cccc(-c5cccc6ccccc56)c4)c3)c3ccc4oc5ccccc5c4c3)cc2)cc1. The van der Waals surface area contributed by atoms with Crippen LogP contribution in [0.1, 0.15) is 0 Å². The summed E-state index contributed by atoms with van der Waals surface area (Å²) in [6.45, 7) is 0. The summed E-state index contributed by atoms with van der Waals surface area (Å²) in [5.41, 5.74) is 12.2. The number of rotatable bonds is 6. The smallest absolute Gasteiger partial charge is 0.135 e. The minimum Gasteiger partial charge on any atom is -0.456 e. The van der Waals surface area contributed by atoms with E-state index in [-0.39, 0.29) is 0 Å². The molecule has 0 radical (unpaired) electrons. The predicted molar refractivity (Wildman–Crippen MR) is 202 cm³/mol. The maximum absolute atomic E-state index is 6.20. The van der Waals surface area contributed by atoms with Gasteiger partial charge in [0.25, 0.3) is 0 Å². The Labute approximate surface area is 279 Å². The van der Waals surface area contributed by atoms with E-state index < -0.39 is 0 Å². The summed E-state index contributed by atoms with van der Waals surface area (Å²) < 4.78 is 6.20. The quantitative estimate of drug-likeness (QED) is 0.185. The van der Waals surface area contributed by atoms with Crippen LogP contribution in [0.5, 0.6) is 0 Å². The van der Waals surface area contributed by atoms with Gasteiger partial charge in [-0.1, -0.05) is 133 Å². The molecule has 2 nitrogen and oxygen atoms in total. The lowest BCUT2D eigenvalue weighted by Gasteiger charge is -2.26. The second-order valence-electron chi connectivity index (χ2n) is 12.2. The first-order valence-electron chi connectivity index (χ1n) is 16.3. The molecule has 0 spiro atoms. The summed E-state index contributed by atoms with van der Waals surface area (Å²) in [6, 6.07) is 67.0. The molecule has 0 aliphatic heterocycles. The van der Waals surface area contributed by atoms with Crippen molar-refractivity contribution in [2.75, 3.05) is 4.90 Å². The third-order valence-electron chi connectivity index (χ3n) is 9.25. The van der Waals surface area contributed by atoms with E-state index in [4.69, 9.17) is 4.42 Å². The van der Waals surface area contributed by atoms with Crippen LogP contribution in [0.15, 0.2) is 192 Å². The normalized spacial score (nSPS) is 11.3. The standard InChI is InChI=1S/C46H31NO/c1-2-11-32(12-3-1)33-23-25-38(26-24-33)47(40-27-28-46-44(31-40)43-20-6-7-22-45(43)48-46)39-18-9-16-36(30-39)35-15-8-17-37(29-35)42-21-10-14-34-13-4-5-19-41(34)42/h1-31H. The van der Waals surface area contributed by atoms with Gasteiger partial charge in [0.1, 0.15) is 11.2 Å². The Bertz CT molecular complexity index is 2560. The van der Waals surface area contributed by atoms with E-state index in [0.29, 0.717) is 0 Å². The Kier molecular flexibility index (Phi) is 6.84. The Morgan fingerprint density at radius 3 is 1.77 bits per heavy atom. The molecule has 0 amide bonds. The summed E-state index contributed by atoms with van der Waals surface area (Å²) >= 11 is 0. The second kappa shape index (κ2) is 11.8. The van der Waals surface area contributed by atoms with Crippen LogP contribution in [-0.2, 0) is 0 Å². The molecule has 1 heterocycles. The summed E-state index contributed by atoms with van der Waals surface area (Å²) in [4.78, 5) is 2.34. The molecule has 0 atom stereocenters. The summed E-state index contributed by atoms with van der Waals surface area (Å²) in [6.07, 6.45) is 0. The van der Waals surface area contributed by atoms with E-state index in [0.717, 1.165) is 44.6 Å². The third kappa shape index (κ3) is 5.01. The highest BCUT2D eigenvalue weighted by Gasteiger charge is 2.17. The molecule has 0 fully saturated rings. The number of benzene rings is 8. The van der Waals surface area contributed by atoms with E-state index in [9.17, 15) is 0 Å². The number of nitrogens with zero attached hydrogens (tertiary/aromatic N) is 1. The van der Waals surface area contributed by atoms with Crippen LogP contribution in [0.4, 0.5) is 17.1 Å². The van der Waals surface area contributed by atoms with Gasteiger partial charge in [0, 0.05) is 27.8 Å². The largest absolute Gasteiger partial charge is 0.456 e. The molecular formula is C46H31NO. The fourth-order valence-corrected chi connectivity index (χ4v) is 6.90. The van der Waals surface area contributed by atoms with E-state index >= 15 is 0 Å². The van der Waals surface area contributed by atoms with Crippen molar-refractivity contribution in [3.8, 4) is 33.4 Å². The molecule has 0 bridgehead atoms. The molecule has 48 heavy (non-hydrogen) atoms. The molecule has 8 aromatic carbocycles. The van der Waals surface area contributed by atoms with Gasteiger partial charge in [0.05, 0.1) is 0 Å². The molecule has 0 aliphatic carbocycles. The number of hydrogen-bond acceptors (Lipinski definition) is 2. The van der Waals surface area contributed by atoms with E-state index in [1.54, 1.807) is 0 Å². The molecule has 1 aromatic heterocycles. The fourth-order valence-electron chi connectivity index (χ4n) is 6.90. The van der Waals surface area contributed by atoms with Crippen molar-refractivity contribution in [3.63, 3.8) is 0 Å². The Morgan fingerprint density at radius 2 is 0.896 bits per heavy atom. The van der Waals surface area contributed by atoms with Crippen molar-refractivity contribution in [1.82, 2.24) is 0 Å². The Hall–Kier alpha value is -6.38. The van der Waals surface area contributed by atoms with Gasteiger partial charge in [-0.05, 0) is 98.8 Å². The van der Waals surface area contributed by atoms with Crippen LogP contribution < -0.4 is 4.90 Å². The minimum atomic E-state index is 0.887. The van der Waals surface area contributed by atoms with Crippen LogP contribution in [0.2, 0.25) is 0 Å². The highest BCUT2D eigenvalue weighted by molar-refractivity contribution is 6.06. The molecule has 226 valence electrons. The molecule has 9 rings (SSSR count). The predicted octanol–water partition coefficient (Wildman–Crippen LogP) is 13.2. The molecule has 0 N–H and O–H groups in total. The van der Waals surface area contributed by atoms with Crippen LogP contribution in [-0.4, -0.2) is 0 Å².